The van der Waals surface area contributed by atoms with Crippen LogP contribution in [0.3, 0.4) is 0 Å². The van der Waals surface area contributed by atoms with Gasteiger partial charge in [-0.25, -0.2) is 4.98 Å². The van der Waals surface area contributed by atoms with Gasteiger partial charge in [-0.1, -0.05) is 12.1 Å². The molecule has 4 nitrogen and oxygen atoms in total. The highest BCUT2D eigenvalue weighted by molar-refractivity contribution is 5.37. The van der Waals surface area contributed by atoms with Crippen LogP contribution in [0.1, 0.15) is 24.9 Å². The van der Waals surface area contributed by atoms with Gasteiger partial charge in [-0.3, -0.25) is 4.90 Å². The predicted molar refractivity (Wildman–Crippen MR) is 86.0 cm³/mol. The molecular weight excluding hydrogens is 317 g/mol. The SMILES string of the molecule is C[C@H](N[C@H]1CCN(CC(F)(F)F)C1)c1cccc(-n2ccnc2)c1. The van der Waals surface area contributed by atoms with Gasteiger partial charge >= 0.3 is 6.18 Å². The Morgan fingerprint density at radius 2 is 2.21 bits per heavy atom. The van der Waals surface area contributed by atoms with E-state index in [1.807, 2.05) is 35.9 Å². The van der Waals surface area contributed by atoms with Crippen LogP contribution < -0.4 is 5.32 Å². The molecule has 1 N–H and O–H groups in total. The van der Waals surface area contributed by atoms with E-state index in [9.17, 15) is 13.2 Å². The highest BCUT2D eigenvalue weighted by atomic mass is 19.4. The van der Waals surface area contributed by atoms with Crippen LogP contribution in [0.4, 0.5) is 13.2 Å². The molecule has 0 radical (unpaired) electrons. The lowest BCUT2D eigenvalue weighted by molar-refractivity contribution is -0.143. The van der Waals surface area contributed by atoms with Crippen LogP contribution in [-0.4, -0.2) is 46.3 Å². The maximum Gasteiger partial charge on any atom is 0.401 e. The summed E-state index contributed by atoms with van der Waals surface area (Å²) in [7, 11) is 0. The van der Waals surface area contributed by atoms with Crippen molar-refractivity contribution in [2.75, 3.05) is 19.6 Å². The molecule has 0 bridgehead atoms. The van der Waals surface area contributed by atoms with Crippen LogP contribution in [0.25, 0.3) is 5.69 Å². The summed E-state index contributed by atoms with van der Waals surface area (Å²) >= 11 is 0. The number of hydrogen-bond donors (Lipinski definition) is 1. The number of halogens is 3. The van der Waals surface area contributed by atoms with Crippen LogP contribution in [0, 0.1) is 0 Å². The number of nitrogens with zero attached hydrogens (tertiary/aromatic N) is 3. The second-order valence-corrected chi connectivity index (χ2v) is 6.29. The van der Waals surface area contributed by atoms with Crippen LogP contribution in [-0.2, 0) is 0 Å². The number of nitrogens with one attached hydrogen (secondary N) is 1. The number of alkyl halides is 3. The van der Waals surface area contributed by atoms with E-state index in [4.69, 9.17) is 0 Å². The van der Waals surface area contributed by atoms with Crippen molar-refractivity contribution in [3.05, 3.63) is 48.5 Å². The number of hydrogen-bond acceptors (Lipinski definition) is 3. The Morgan fingerprint density at radius 3 is 2.92 bits per heavy atom. The van der Waals surface area contributed by atoms with Gasteiger partial charge in [-0.15, -0.1) is 0 Å². The van der Waals surface area contributed by atoms with Crippen molar-refractivity contribution in [2.45, 2.75) is 31.6 Å². The van der Waals surface area contributed by atoms with Crippen molar-refractivity contribution in [1.29, 1.82) is 0 Å². The van der Waals surface area contributed by atoms with Crippen LogP contribution >= 0.6 is 0 Å². The highest BCUT2D eigenvalue weighted by Crippen LogP contribution is 2.22. The van der Waals surface area contributed by atoms with E-state index < -0.39 is 12.7 Å². The van der Waals surface area contributed by atoms with E-state index in [0.717, 1.165) is 17.7 Å². The number of aromatic nitrogens is 2. The van der Waals surface area contributed by atoms with Gasteiger partial charge in [-0.05, 0) is 31.0 Å². The smallest absolute Gasteiger partial charge is 0.306 e. The van der Waals surface area contributed by atoms with Crippen LogP contribution in [0.5, 0.6) is 0 Å². The quantitative estimate of drug-likeness (QED) is 0.909. The van der Waals surface area contributed by atoms with E-state index in [0.29, 0.717) is 13.1 Å². The molecule has 24 heavy (non-hydrogen) atoms. The Balaban J connectivity index is 1.60. The molecule has 1 aliphatic rings. The van der Waals surface area contributed by atoms with Gasteiger partial charge in [0.15, 0.2) is 0 Å². The Labute approximate surface area is 139 Å². The zero-order valence-electron chi connectivity index (χ0n) is 13.5. The third kappa shape index (κ3) is 4.36. The molecule has 2 heterocycles. The topological polar surface area (TPSA) is 33.1 Å². The molecule has 0 spiro atoms. The Hall–Kier alpha value is -1.86. The van der Waals surface area contributed by atoms with Crippen LogP contribution in [0.2, 0.25) is 0 Å². The van der Waals surface area contributed by atoms with Crippen molar-refractivity contribution in [3.63, 3.8) is 0 Å². The summed E-state index contributed by atoms with van der Waals surface area (Å²) in [4.78, 5) is 5.51. The minimum absolute atomic E-state index is 0.0734. The second-order valence-electron chi connectivity index (χ2n) is 6.29. The first-order chi connectivity index (χ1) is 11.4. The molecule has 7 heteroatoms. The zero-order valence-corrected chi connectivity index (χ0v) is 13.5. The monoisotopic (exact) mass is 338 g/mol. The molecule has 1 fully saturated rings. The van der Waals surface area contributed by atoms with Crippen molar-refractivity contribution in [3.8, 4) is 5.69 Å². The summed E-state index contributed by atoms with van der Waals surface area (Å²) in [6.07, 6.45) is 1.95. The Bertz CT molecular complexity index is 654. The summed E-state index contributed by atoms with van der Waals surface area (Å²) in [6, 6.07) is 8.23. The molecule has 1 saturated heterocycles. The van der Waals surface area contributed by atoms with Gasteiger partial charge in [0.25, 0.3) is 0 Å². The maximum absolute atomic E-state index is 12.5. The molecule has 2 atom stereocenters. The number of rotatable bonds is 5. The van der Waals surface area contributed by atoms with E-state index in [-0.39, 0.29) is 12.1 Å². The average Bonchev–Trinajstić information content (AvgIpc) is 3.18. The standard InChI is InChI=1S/C17H21F3N4/c1-13(22-15-5-7-23(10-15)11-17(18,19)20)14-3-2-4-16(9-14)24-8-6-21-12-24/h2-4,6,8-9,12-13,15,22H,5,7,10-11H2,1H3/t13-,15-/m0/s1. The van der Waals surface area contributed by atoms with Crippen molar-refractivity contribution >= 4 is 0 Å². The second kappa shape index (κ2) is 6.94. The first-order valence-corrected chi connectivity index (χ1v) is 8.04. The molecule has 1 aromatic heterocycles. The average molecular weight is 338 g/mol. The molecule has 1 aromatic carbocycles. The first-order valence-electron chi connectivity index (χ1n) is 8.04. The molecular formula is C17H21F3N4. The van der Waals surface area contributed by atoms with Gasteiger partial charge in [0.2, 0.25) is 0 Å². The van der Waals surface area contributed by atoms with E-state index in [1.165, 1.54) is 4.90 Å². The number of imidazole rings is 1. The fourth-order valence-corrected chi connectivity index (χ4v) is 3.18. The summed E-state index contributed by atoms with van der Waals surface area (Å²) in [5.74, 6) is 0. The van der Waals surface area contributed by atoms with Gasteiger partial charge in [-0.2, -0.15) is 13.2 Å². The van der Waals surface area contributed by atoms with E-state index in [2.05, 4.69) is 16.4 Å². The first kappa shape index (κ1) is 17.0. The summed E-state index contributed by atoms with van der Waals surface area (Å²) in [6.45, 7) is 2.14. The highest BCUT2D eigenvalue weighted by Gasteiger charge is 2.34. The molecule has 2 aromatic rings. The molecule has 1 aliphatic heterocycles. The Kier molecular flexibility index (Phi) is 4.91. The van der Waals surface area contributed by atoms with Crippen molar-refractivity contribution in [1.82, 2.24) is 19.8 Å². The number of benzene rings is 1. The molecule has 0 amide bonds. The lowest BCUT2D eigenvalue weighted by atomic mass is 10.1. The normalized spacial score (nSPS) is 20.4. The Morgan fingerprint density at radius 1 is 1.38 bits per heavy atom. The van der Waals surface area contributed by atoms with Crippen molar-refractivity contribution < 1.29 is 13.2 Å². The minimum Gasteiger partial charge on any atom is -0.306 e. The summed E-state index contributed by atoms with van der Waals surface area (Å²) in [5.41, 5.74) is 2.12. The largest absolute Gasteiger partial charge is 0.401 e. The van der Waals surface area contributed by atoms with E-state index >= 15 is 0 Å². The minimum atomic E-state index is -4.13. The molecule has 0 saturated carbocycles. The molecule has 130 valence electrons. The zero-order chi connectivity index (χ0) is 17.2. The maximum atomic E-state index is 12.5. The lowest BCUT2D eigenvalue weighted by Gasteiger charge is -2.22. The number of likely N-dealkylation sites (tertiary alicyclic amines) is 1. The third-order valence-corrected chi connectivity index (χ3v) is 4.33. The van der Waals surface area contributed by atoms with Gasteiger partial charge in [0.1, 0.15) is 0 Å². The molecule has 3 rings (SSSR count). The molecule has 0 aliphatic carbocycles. The van der Waals surface area contributed by atoms with Gasteiger partial charge in [0, 0.05) is 43.3 Å². The summed E-state index contributed by atoms with van der Waals surface area (Å²) < 4.78 is 39.3. The third-order valence-electron chi connectivity index (χ3n) is 4.33. The fraction of sp³-hybridized carbons (Fsp3) is 0.471. The summed E-state index contributed by atoms with van der Waals surface area (Å²) in [5, 5.41) is 3.45. The fourth-order valence-electron chi connectivity index (χ4n) is 3.18. The molecule has 0 unspecified atom stereocenters. The van der Waals surface area contributed by atoms with Crippen molar-refractivity contribution in [2.24, 2.45) is 0 Å². The predicted octanol–water partition coefficient (Wildman–Crippen LogP) is 3.16. The van der Waals surface area contributed by atoms with Gasteiger partial charge in [0.05, 0.1) is 12.9 Å². The lowest BCUT2D eigenvalue weighted by Crippen LogP contribution is -2.37. The van der Waals surface area contributed by atoms with E-state index in [1.54, 1.807) is 12.5 Å². The van der Waals surface area contributed by atoms with Gasteiger partial charge < -0.3 is 9.88 Å². The van der Waals surface area contributed by atoms with Crippen LogP contribution in [0.15, 0.2) is 43.0 Å².